The molecule has 1 N–H and O–H groups in total. The van der Waals surface area contributed by atoms with Crippen molar-refractivity contribution in [3.63, 3.8) is 0 Å². The molecule has 138 valence electrons. The SMILES string of the molecule is O=C1C(=O)N(c2cccnc2)C(c2ccccc2)/C1=C(\O)c1ccc(Br)cc1. The molecule has 0 radical (unpaired) electrons. The number of anilines is 1. The van der Waals surface area contributed by atoms with E-state index in [-0.39, 0.29) is 11.3 Å². The number of ketones is 1. The predicted octanol–water partition coefficient (Wildman–Crippen LogP) is 4.47. The van der Waals surface area contributed by atoms with Crippen molar-refractivity contribution in [3.8, 4) is 0 Å². The highest BCUT2D eigenvalue weighted by molar-refractivity contribution is 9.10. The Balaban J connectivity index is 1.94. The third kappa shape index (κ3) is 3.12. The lowest BCUT2D eigenvalue weighted by Gasteiger charge is -2.25. The van der Waals surface area contributed by atoms with Gasteiger partial charge in [0.25, 0.3) is 11.7 Å². The number of carbonyl (C=O) groups is 2. The number of nitrogens with zero attached hydrogens (tertiary/aromatic N) is 2. The van der Waals surface area contributed by atoms with Crippen LogP contribution in [0, 0.1) is 0 Å². The van der Waals surface area contributed by atoms with E-state index >= 15 is 0 Å². The van der Waals surface area contributed by atoms with Gasteiger partial charge < -0.3 is 5.11 Å². The van der Waals surface area contributed by atoms with E-state index < -0.39 is 17.7 Å². The quantitative estimate of drug-likeness (QED) is 0.375. The van der Waals surface area contributed by atoms with Crippen molar-refractivity contribution in [2.75, 3.05) is 4.90 Å². The van der Waals surface area contributed by atoms with Crippen LogP contribution in [0.15, 0.2) is 89.2 Å². The minimum absolute atomic E-state index is 0.0578. The minimum Gasteiger partial charge on any atom is -0.507 e. The summed E-state index contributed by atoms with van der Waals surface area (Å²) < 4.78 is 0.847. The van der Waals surface area contributed by atoms with Crippen molar-refractivity contribution in [1.29, 1.82) is 0 Å². The molecule has 6 heteroatoms. The van der Waals surface area contributed by atoms with Gasteiger partial charge in [0.1, 0.15) is 5.76 Å². The van der Waals surface area contributed by atoms with Crippen molar-refractivity contribution < 1.29 is 14.7 Å². The molecule has 1 fully saturated rings. The van der Waals surface area contributed by atoms with Gasteiger partial charge in [-0.3, -0.25) is 19.5 Å². The van der Waals surface area contributed by atoms with Crippen LogP contribution in [-0.4, -0.2) is 21.8 Å². The number of hydrogen-bond acceptors (Lipinski definition) is 4. The average Bonchev–Trinajstić information content (AvgIpc) is 3.00. The first-order valence-electron chi connectivity index (χ1n) is 8.60. The highest BCUT2D eigenvalue weighted by Gasteiger charge is 2.46. The summed E-state index contributed by atoms with van der Waals surface area (Å²) in [6.07, 6.45) is 3.13. The molecule has 0 aliphatic carbocycles. The predicted molar refractivity (Wildman–Crippen MR) is 110 cm³/mol. The highest BCUT2D eigenvalue weighted by Crippen LogP contribution is 2.41. The minimum atomic E-state index is -0.742. The molecule has 2 heterocycles. The number of hydrogen-bond donors (Lipinski definition) is 1. The standard InChI is InChI=1S/C22H15BrN2O3/c23-16-10-8-15(9-11-16)20(26)18-19(14-5-2-1-3-6-14)25(22(28)21(18)27)17-7-4-12-24-13-17/h1-13,19,26H/b20-18+. The summed E-state index contributed by atoms with van der Waals surface area (Å²) >= 11 is 3.35. The van der Waals surface area contributed by atoms with Gasteiger partial charge in [0.2, 0.25) is 0 Å². The van der Waals surface area contributed by atoms with Gasteiger partial charge in [-0.25, -0.2) is 0 Å². The van der Waals surface area contributed by atoms with Gasteiger partial charge in [-0.05, 0) is 29.8 Å². The van der Waals surface area contributed by atoms with Crippen LogP contribution in [0.25, 0.3) is 5.76 Å². The third-order valence-corrected chi connectivity index (χ3v) is 5.13. The van der Waals surface area contributed by atoms with E-state index in [4.69, 9.17) is 0 Å². The normalized spacial score (nSPS) is 18.5. The number of halogens is 1. The van der Waals surface area contributed by atoms with Gasteiger partial charge in [-0.2, -0.15) is 0 Å². The van der Waals surface area contributed by atoms with Crippen LogP contribution in [0.4, 0.5) is 5.69 Å². The first-order valence-corrected chi connectivity index (χ1v) is 9.39. The maximum absolute atomic E-state index is 12.9. The Hall–Kier alpha value is -3.25. The topological polar surface area (TPSA) is 70.5 Å². The summed E-state index contributed by atoms with van der Waals surface area (Å²) in [5.74, 6) is -1.62. The number of carbonyl (C=O) groups excluding carboxylic acids is 2. The molecule has 28 heavy (non-hydrogen) atoms. The summed E-state index contributed by atoms with van der Waals surface area (Å²) in [4.78, 5) is 31.3. The second kappa shape index (κ2) is 7.40. The van der Waals surface area contributed by atoms with E-state index in [1.54, 1.807) is 42.6 Å². The zero-order chi connectivity index (χ0) is 19.7. The fourth-order valence-corrected chi connectivity index (χ4v) is 3.57. The van der Waals surface area contributed by atoms with Crippen molar-refractivity contribution >= 4 is 39.1 Å². The summed E-state index contributed by atoms with van der Waals surface area (Å²) in [5, 5.41) is 10.9. The Morgan fingerprint density at radius 1 is 0.964 bits per heavy atom. The van der Waals surface area contributed by atoms with Crippen LogP contribution < -0.4 is 4.90 Å². The Kier molecular flexibility index (Phi) is 4.79. The molecular formula is C22H15BrN2O3. The molecule has 1 aliphatic rings. The Bertz CT molecular complexity index is 1060. The summed E-state index contributed by atoms with van der Waals surface area (Å²) in [6, 6.07) is 18.8. The summed E-state index contributed by atoms with van der Waals surface area (Å²) in [7, 11) is 0. The van der Waals surface area contributed by atoms with E-state index in [0.717, 1.165) is 10.0 Å². The summed E-state index contributed by atoms with van der Waals surface area (Å²) in [5.41, 5.74) is 1.74. The number of amides is 1. The van der Waals surface area contributed by atoms with Crippen LogP contribution in [0.2, 0.25) is 0 Å². The molecule has 0 saturated carbocycles. The van der Waals surface area contributed by atoms with E-state index in [1.165, 1.54) is 11.1 Å². The molecule has 3 aromatic rings. The van der Waals surface area contributed by atoms with E-state index in [0.29, 0.717) is 11.3 Å². The molecule has 1 aromatic heterocycles. The average molecular weight is 435 g/mol. The highest BCUT2D eigenvalue weighted by atomic mass is 79.9. The largest absolute Gasteiger partial charge is 0.507 e. The Labute approximate surface area is 170 Å². The molecule has 2 aromatic carbocycles. The van der Waals surface area contributed by atoms with Gasteiger partial charge in [0.05, 0.1) is 23.5 Å². The first-order chi connectivity index (χ1) is 13.6. The third-order valence-electron chi connectivity index (χ3n) is 4.60. The number of benzene rings is 2. The van der Waals surface area contributed by atoms with Crippen molar-refractivity contribution in [3.05, 3.63) is 100 Å². The first kappa shape index (κ1) is 18.1. The molecule has 0 bridgehead atoms. The molecule has 1 unspecified atom stereocenters. The van der Waals surface area contributed by atoms with Gasteiger partial charge >= 0.3 is 0 Å². The fraction of sp³-hybridized carbons (Fsp3) is 0.0455. The van der Waals surface area contributed by atoms with Crippen LogP contribution in [-0.2, 0) is 9.59 Å². The Morgan fingerprint density at radius 3 is 2.32 bits per heavy atom. The lowest BCUT2D eigenvalue weighted by molar-refractivity contribution is -0.132. The van der Waals surface area contributed by atoms with Gasteiger partial charge in [-0.1, -0.05) is 58.4 Å². The number of aromatic nitrogens is 1. The van der Waals surface area contributed by atoms with Crippen LogP contribution in [0.1, 0.15) is 17.2 Å². The number of Topliss-reactive ketones (excluding diaryl/α,β-unsaturated/α-hetero) is 1. The van der Waals surface area contributed by atoms with Gasteiger partial charge in [0.15, 0.2) is 0 Å². The lowest BCUT2D eigenvalue weighted by Crippen LogP contribution is -2.29. The summed E-state index contributed by atoms with van der Waals surface area (Å²) in [6.45, 7) is 0. The van der Waals surface area contributed by atoms with Crippen molar-refractivity contribution in [2.24, 2.45) is 0 Å². The molecule has 1 atom stereocenters. The molecule has 0 spiro atoms. The van der Waals surface area contributed by atoms with E-state index in [2.05, 4.69) is 20.9 Å². The number of aliphatic hydroxyl groups is 1. The van der Waals surface area contributed by atoms with Gasteiger partial charge in [-0.15, -0.1) is 0 Å². The second-order valence-corrected chi connectivity index (χ2v) is 7.21. The Morgan fingerprint density at radius 2 is 1.68 bits per heavy atom. The maximum atomic E-state index is 12.9. The number of rotatable bonds is 3. The van der Waals surface area contributed by atoms with Crippen LogP contribution in [0.3, 0.4) is 0 Å². The van der Waals surface area contributed by atoms with Gasteiger partial charge in [0, 0.05) is 16.2 Å². The number of aliphatic hydroxyl groups excluding tert-OH is 1. The van der Waals surface area contributed by atoms with Crippen molar-refractivity contribution in [1.82, 2.24) is 4.98 Å². The zero-order valence-electron chi connectivity index (χ0n) is 14.6. The second-order valence-electron chi connectivity index (χ2n) is 6.30. The van der Waals surface area contributed by atoms with E-state index in [9.17, 15) is 14.7 Å². The smallest absolute Gasteiger partial charge is 0.300 e. The molecule has 1 amide bonds. The number of pyridine rings is 1. The zero-order valence-corrected chi connectivity index (χ0v) is 16.2. The van der Waals surface area contributed by atoms with Crippen LogP contribution in [0.5, 0.6) is 0 Å². The molecule has 1 saturated heterocycles. The molecular weight excluding hydrogens is 420 g/mol. The van der Waals surface area contributed by atoms with E-state index in [1.807, 2.05) is 30.3 Å². The lowest BCUT2D eigenvalue weighted by atomic mass is 9.95. The van der Waals surface area contributed by atoms with Crippen LogP contribution >= 0.6 is 15.9 Å². The van der Waals surface area contributed by atoms with Crippen molar-refractivity contribution in [2.45, 2.75) is 6.04 Å². The fourth-order valence-electron chi connectivity index (χ4n) is 3.31. The monoisotopic (exact) mass is 434 g/mol. The maximum Gasteiger partial charge on any atom is 0.300 e. The molecule has 4 rings (SSSR count). The molecule has 5 nitrogen and oxygen atoms in total. The molecule has 1 aliphatic heterocycles.